The molecule has 1 amide bonds. The van der Waals surface area contributed by atoms with Gasteiger partial charge in [0.05, 0.1) is 0 Å². The predicted octanol–water partition coefficient (Wildman–Crippen LogP) is 2.99. The molecule has 210 valence electrons. The van der Waals surface area contributed by atoms with E-state index in [1.807, 2.05) is 6.07 Å². The van der Waals surface area contributed by atoms with Gasteiger partial charge in [-0.15, -0.1) is 5.10 Å². The molecule has 0 atom stereocenters. The number of benzene rings is 1. The molecule has 2 fully saturated rings. The number of carbonyl (C=O) groups excluding carboxylic acids is 2. The maximum atomic E-state index is 13.0. The fourth-order valence-electron chi connectivity index (χ4n) is 5.79. The fourth-order valence-corrected chi connectivity index (χ4v) is 5.79. The minimum atomic E-state index is -5.30. The number of piperidine rings is 2. The molecule has 0 saturated carbocycles. The number of nitrogens with zero attached hydrogens (tertiary/aromatic N) is 4. The van der Waals surface area contributed by atoms with Crippen LogP contribution in [-0.2, 0) is 17.8 Å². The number of alkyl halides is 3. The number of fused-ring (bicyclic) bond motifs is 1. The second-order valence-corrected chi connectivity index (χ2v) is 11.3. The van der Waals surface area contributed by atoms with Crippen molar-refractivity contribution in [3.05, 3.63) is 57.5 Å². The van der Waals surface area contributed by atoms with Crippen LogP contribution >= 0.6 is 0 Å². The molecule has 2 aromatic rings. The van der Waals surface area contributed by atoms with Crippen LogP contribution in [0.4, 0.5) is 13.2 Å². The molecule has 39 heavy (non-hydrogen) atoms. The Bertz CT molecular complexity index is 1320. The van der Waals surface area contributed by atoms with Gasteiger partial charge < -0.3 is 14.5 Å². The van der Waals surface area contributed by atoms with Gasteiger partial charge in [0.25, 0.3) is 5.91 Å². The number of likely N-dealkylation sites (tertiary alicyclic amines) is 2. The van der Waals surface area contributed by atoms with Gasteiger partial charge in [-0.2, -0.15) is 13.2 Å². The Morgan fingerprint density at radius 1 is 1.03 bits per heavy atom. The molecule has 5 rings (SSSR count). The summed E-state index contributed by atoms with van der Waals surface area (Å²) in [6.45, 7) is 7.95. The molecule has 3 aliphatic rings. The van der Waals surface area contributed by atoms with Gasteiger partial charge in [0.15, 0.2) is 5.69 Å². The average Bonchev–Trinajstić information content (AvgIpc) is 3.21. The van der Waals surface area contributed by atoms with E-state index in [0.29, 0.717) is 13.1 Å². The molecule has 0 radical (unpaired) electrons. The summed E-state index contributed by atoms with van der Waals surface area (Å²) in [7, 11) is 0. The van der Waals surface area contributed by atoms with Gasteiger partial charge in [-0.3, -0.25) is 14.5 Å². The van der Waals surface area contributed by atoms with Gasteiger partial charge in [-0.05, 0) is 80.6 Å². The Morgan fingerprint density at radius 3 is 2.36 bits per heavy atom. The van der Waals surface area contributed by atoms with Gasteiger partial charge in [-0.25, -0.2) is 4.79 Å². The van der Waals surface area contributed by atoms with Crippen molar-refractivity contribution in [2.24, 2.45) is 5.41 Å². The van der Waals surface area contributed by atoms with E-state index < -0.39 is 23.6 Å². The Kier molecular flexibility index (Phi) is 6.94. The lowest BCUT2D eigenvalue weighted by Gasteiger charge is -2.47. The van der Waals surface area contributed by atoms with Crippen molar-refractivity contribution in [2.45, 2.75) is 64.3 Å². The van der Waals surface area contributed by atoms with Crippen LogP contribution in [0.5, 0.6) is 5.75 Å². The number of ether oxygens (including phenoxy) is 1. The van der Waals surface area contributed by atoms with Crippen LogP contribution in [0.15, 0.2) is 35.1 Å². The maximum Gasteiger partial charge on any atom is 0.493 e. The summed E-state index contributed by atoms with van der Waals surface area (Å²) in [6, 6.07) is 8.24. The van der Waals surface area contributed by atoms with Crippen molar-refractivity contribution in [3.8, 4) is 5.75 Å². The number of halogens is 3. The third-order valence-electron chi connectivity index (χ3n) is 8.03. The predicted molar refractivity (Wildman–Crippen MR) is 133 cm³/mol. The van der Waals surface area contributed by atoms with Crippen molar-refractivity contribution in [3.63, 3.8) is 0 Å². The Hall–Kier alpha value is -3.41. The van der Waals surface area contributed by atoms with E-state index in [1.165, 1.54) is 11.1 Å². The normalized spacial score (nSPS) is 20.4. The first-order valence-electron chi connectivity index (χ1n) is 13.1. The number of rotatable bonds is 4. The van der Waals surface area contributed by atoms with Crippen LogP contribution < -0.4 is 15.1 Å². The van der Waals surface area contributed by atoms with Crippen molar-refractivity contribution in [2.75, 3.05) is 26.2 Å². The number of carbonyl (C=O) groups is 2. The molecule has 1 aromatic carbocycles. The van der Waals surface area contributed by atoms with Gasteiger partial charge >= 0.3 is 17.7 Å². The first kappa shape index (κ1) is 27.2. The molecule has 1 spiro atoms. The van der Waals surface area contributed by atoms with Crippen LogP contribution in [0, 0.1) is 5.41 Å². The molecular formula is C27H31F3N4O5. The van der Waals surface area contributed by atoms with Crippen LogP contribution in [-0.4, -0.2) is 69.6 Å². The highest BCUT2D eigenvalue weighted by Gasteiger charge is 2.43. The zero-order chi connectivity index (χ0) is 28.0. The lowest BCUT2D eigenvalue weighted by atomic mass is 9.71. The summed E-state index contributed by atoms with van der Waals surface area (Å²) in [6.07, 6.45) is -0.761. The molecule has 0 N–H and O–H groups in total. The zero-order valence-corrected chi connectivity index (χ0v) is 21.9. The van der Waals surface area contributed by atoms with Crippen molar-refractivity contribution in [1.29, 1.82) is 0 Å². The number of aromatic nitrogens is 2. The maximum absolute atomic E-state index is 13.0. The number of hydrogen-bond donors (Lipinski definition) is 0. The highest BCUT2D eigenvalue weighted by molar-refractivity contribution is 5.92. The number of hydrogen-bond acceptors (Lipinski definition) is 7. The van der Waals surface area contributed by atoms with Gasteiger partial charge in [0.2, 0.25) is 0 Å². The van der Waals surface area contributed by atoms with E-state index in [0.717, 1.165) is 69.6 Å². The summed E-state index contributed by atoms with van der Waals surface area (Å²) in [5, 5.41) is 3.54. The van der Waals surface area contributed by atoms with E-state index in [4.69, 9.17) is 4.74 Å². The van der Waals surface area contributed by atoms with Gasteiger partial charge in [0, 0.05) is 37.7 Å². The Labute approximate surface area is 223 Å². The van der Waals surface area contributed by atoms with Crippen molar-refractivity contribution < 1.29 is 32.3 Å². The third kappa shape index (κ3) is 5.80. The average molecular weight is 549 g/mol. The standard InChI is InChI=1S/C27H31F3N4O5/c1-25(2)16-19-18(4-3-5-21(19)38-25)17-32-12-8-26(9-13-32)10-14-33(15-11-26)23(36)20-6-7-22(35)34(31-20)39-24(37)27(28,29)30/h3-7H,8-17H2,1-2H3. The Balaban J connectivity index is 1.16. The van der Waals surface area contributed by atoms with Crippen LogP contribution in [0.2, 0.25) is 0 Å². The second kappa shape index (κ2) is 9.96. The molecular weight excluding hydrogens is 517 g/mol. The van der Waals surface area contributed by atoms with Crippen molar-refractivity contribution >= 4 is 11.9 Å². The highest BCUT2D eigenvalue weighted by atomic mass is 19.4. The molecule has 12 heteroatoms. The largest absolute Gasteiger partial charge is 0.493 e. The smallest absolute Gasteiger partial charge is 0.487 e. The molecule has 9 nitrogen and oxygen atoms in total. The summed E-state index contributed by atoms with van der Waals surface area (Å²) in [5.74, 6) is -2.14. The Morgan fingerprint density at radius 2 is 1.69 bits per heavy atom. The van der Waals surface area contributed by atoms with Crippen LogP contribution in [0.1, 0.15) is 61.1 Å². The minimum Gasteiger partial charge on any atom is -0.487 e. The van der Waals surface area contributed by atoms with E-state index in [2.05, 4.69) is 40.8 Å². The topological polar surface area (TPSA) is 94.0 Å². The summed E-state index contributed by atoms with van der Waals surface area (Å²) >= 11 is 0. The fraction of sp³-hybridized carbons (Fsp3) is 0.556. The molecule has 0 bridgehead atoms. The quantitative estimate of drug-likeness (QED) is 0.580. The van der Waals surface area contributed by atoms with Crippen LogP contribution in [0.25, 0.3) is 0 Å². The molecule has 2 saturated heterocycles. The summed E-state index contributed by atoms with van der Waals surface area (Å²) < 4.78 is 43.6. The minimum absolute atomic E-state index is 0.0978. The molecule has 1 aromatic heterocycles. The number of amides is 1. The van der Waals surface area contributed by atoms with E-state index in [-0.39, 0.29) is 21.6 Å². The van der Waals surface area contributed by atoms with E-state index in [1.54, 1.807) is 4.90 Å². The lowest BCUT2D eigenvalue weighted by molar-refractivity contribution is -0.202. The molecule has 0 aliphatic carbocycles. The van der Waals surface area contributed by atoms with E-state index >= 15 is 0 Å². The lowest BCUT2D eigenvalue weighted by Crippen LogP contribution is -2.48. The second-order valence-electron chi connectivity index (χ2n) is 11.3. The monoisotopic (exact) mass is 548 g/mol. The highest BCUT2D eigenvalue weighted by Crippen LogP contribution is 2.42. The van der Waals surface area contributed by atoms with E-state index in [9.17, 15) is 27.6 Å². The summed E-state index contributed by atoms with van der Waals surface area (Å²) in [4.78, 5) is 43.8. The van der Waals surface area contributed by atoms with Crippen molar-refractivity contribution in [1.82, 2.24) is 19.7 Å². The SMILES string of the molecule is CC1(C)Cc2c(CN3CCC4(CC3)CCN(C(=O)c3ccc(=O)n(OC(=O)C(F)(F)F)n3)CC4)cccc2O1. The zero-order valence-electron chi connectivity index (χ0n) is 21.9. The molecule has 0 unspecified atom stereocenters. The first-order chi connectivity index (χ1) is 18.3. The third-order valence-corrected chi connectivity index (χ3v) is 8.03. The van der Waals surface area contributed by atoms with Gasteiger partial charge in [-0.1, -0.05) is 12.1 Å². The summed E-state index contributed by atoms with van der Waals surface area (Å²) in [5.41, 5.74) is 1.19. The van der Waals surface area contributed by atoms with Crippen LogP contribution in [0.3, 0.4) is 0 Å². The molecule has 4 heterocycles. The van der Waals surface area contributed by atoms with Gasteiger partial charge in [0.1, 0.15) is 11.4 Å². The molecule has 3 aliphatic heterocycles. The first-order valence-corrected chi connectivity index (χ1v) is 13.1.